The molecule has 28 heavy (non-hydrogen) atoms. The third-order valence-electron chi connectivity index (χ3n) is 5.33. The Kier molecular flexibility index (Phi) is 4.99. The van der Waals surface area contributed by atoms with Gasteiger partial charge in [-0.3, -0.25) is 4.79 Å². The lowest BCUT2D eigenvalue weighted by Crippen LogP contribution is -2.51. The van der Waals surface area contributed by atoms with Crippen molar-refractivity contribution in [3.05, 3.63) is 41.2 Å². The lowest BCUT2D eigenvalue weighted by atomic mass is 10.0. The molecule has 1 aromatic heterocycles. The zero-order chi connectivity index (χ0) is 19.9. The van der Waals surface area contributed by atoms with Crippen molar-refractivity contribution in [3.63, 3.8) is 0 Å². The van der Waals surface area contributed by atoms with Gasteiger partial charge in [-0.05, 0) is 37.8 Å². The van der Waals surface area contributed by atoms with Crippen molar-refractivity contribution in [2.45, 2.75) is 31.5 Å². The maximum atomic E-state index is 12.6. The van der Waals surface area contributed by atoms with Crippen LogP contribution in [0.2, 0.25) is 5.02 Å². The van der Waals surface area contributed by atoms with E-state index >= 15 is 0 Å². The molecule has 0 spiro atoms. The summed E-state index contributed by atoms with van der Waals surface area (Å²) in [6, 6.07) is 7.16. The molecule has 4 rings (SSSR count). The number of β-amino-alcohol motifs (C(OH)–C–C–N with tert-alkyl or cyclic N) is 1. The largest absolute Gasteiger partial charge is 0.389 e. The fourth-order valence-electron chi connectivity index (χ4n) is 3.35. The van der Waals surface area contributed by atoms with E-state index < -0.39 is 5.60 Å². The zero-order valence-electron chi connectivity index (χ0n) is 15.6. The van der Waals surface area contributed by atoms with Crippen molar-refractivity contribution in [3.8, 4) is 11.3 Å². The van der Waals surface area contributed by atoms with E-state index in [2.05, 4.69) is 15.3 Å². The van der Waals surface area contributed by atoms with Gasteiger partial charge in [0.1, 0.15) is 11.4 Å². The van der Waals surface area contributed by atoms with Crippen LogP contribution in [0.5, 0.6) is 0 Å². The second-order valence-electron chi connectivity index (χ2n) is 7.81. The number of benzene rings is 1. The van der Waals surface area contributed by atoms with Crippen LogP contribution in [0, 0.1) is 5.92 Å². The van der Waals surface area contributed by atoms with E-state index in [1.165, 1.54) is 6.20 Å². The number of anilines is 1. The molecule has 2 aliphatic rings. The van der Waals surface area contributed by atoms with Crippen molar-refractivity contribution < 1.29 is 15.0 Å². The van der Waals surface area contributed by atoms with E-state index in [-0.39, 0.29) is 30.2 Å². The number of aliphatic hydroxyl groups excluding tert-OH is 1. The van der Waals surface area contributed by atoms with Crippen molar-refractivity contribution in [2.24, 2.45) is 5.92 Å². The molecule has 2 heterocycles. The van der Waals surface area contributed by atoms with Gasteiger partial charge in [-0.2, -0.15) is 0 Å². The second-order valence-corrected chi connectivity index (χ2v) is 8.24. The Morgan fingerprint density at radius 1 is 1.32 bits per heavy atom. The zero-order valence-corrected chi connectivity index (χ0v) is 16.4. The Bertz CT molecular complexity index is 878. The summed E-state index contributed by atoms with van der Waals surface area (Å²) in [4.78, 5) is 23.5. The normalized spacial score (nSPS) is 19.1. The van der Waals surface area contributed by atoms with Crippen LogP contribution >= 0.6 is 11.6 Å². The Morgan fingerprint density at radius 2 is 2.00 bits per heavy atom. The fraction of sp³-hybridized carbons (Fsp3) is 0.450. The molecule has 1 aliphatic carbocycles. The second kappa shape index (κ2) is 7.31. The van der Waals surface area contributed by atoms with Gasteiger partial charge < -0.3 is 20.4 Å². The summed E-state index contributed by atoms with van der Waals surface area (Å²) in [5.41, 5.74) is 0.620. The van der Waals surface area contributed by atoms with Crippen LogP contribution in [-0.4, -0.2) is 57.4 Å². The van der Waals surface area contributed by atoms with E-state index in [0.717, 1.165) is 18.4 Å². The number of hydrogen-bond donors (Lipinski definition) is 3. The molecular weight excluding hydrogens is 380 g/mol. The minimum Gasteiger partial charge on any atom is -0.389 e. The molecule has 1 amide bonds. The molecule has 1 aromatic carbocycles. The van der Waals surface area contributed by atoms with E-state index in [0.29, 0.717) is 29.6 Å². The molecule has 0 bridgehead atoms. The highest BCUT2D eigenvalue weighted by molar-refractivity contribution is 6.30. The summed E-state index contributed by atoms with van der Waals surface area (Å²) in [7, 11) is 0. The molecule has 7 nitrogen and oxygen atoms in total. The number of rotatable bonds is 6. The van der Waals surface area contributed by atoms with E-state index in [9.17, 15) is 15.0 Å². The number of amides is 1. The van der Waals surface area contributed by atoms with Gasteiger partial charge >= 0.3 is 0 Å². The highest BCUT2D eigenvalue weighted by Crippen LogP contribution is 2.39. The first-order chi connectivity index (χ1) is 13.3. The summed E-state index contributed by atoms with van der Waals surface area (Å²) < 4.78 is 0. The molecule has 1 saturated carbocycles. The SMILES string of the molecule is C[C@](O)(CNC(=O)c1cnc(N2CC(O)C2)c(-c2ccc(Cl)cc2)n1)C1CC1. The van der Waals surface area contributed by atoms with Crippen LogP contribution in [0.1, 0.15) is 30.3 Å². The number of halogens is 1. The lowest BCUT2D eigenvalue weighted by Gasteiger charge is -2.37. The van der Waals surface area contributed by atoms with Crippen molar-refractivity contribution >= 4 is 23.3 Å². The fourth-order valence-corrected chi connectivity index (χ4v) is 3.48. The Morgan fingerprint density at radius 3 is 2.61 bits per heavy atom. The number of aromatic nitrogens is 2. The Hall–Kier alpha value is -2.22. The standard InChI is InChI=1S/C20H23ClN4O3/c1-20(28,13-4-5-13)11-23-19(27)16-8-22-18(25-9-15(26)10-25)17(24-16)12-2-6-14(21)7-3-12/h2-3,6-8,13,15,26,28H,4-5,9-11H2,1H3,(H,23,27)/t20-/m0/s1. The molecule has 1 saturated heterocycles. The number of hydrogen-bond acceptors (Lipinski definition) is 6. The number of nitrogens with zero attached hydrogens (tertiary/aromatic N) is 3. The topological polar surface area (TPSA) is 98.6 Å². The molecule has 2 aromatic rings. The van der Waals surface area contributed by atoms with E-state index in [1.54, 1.807) is 19.1 Å². The van der Waals surface area contributed by atoms with Gasteiger partial charge in [0, 0.05) is 30.2 Å². The molecule has 8 heteroatoms. The van der Waals surface area contributed by atoms with Gasteiger partial charge in [-0.1, -0.05) is 23.7 Å². The van der Waals surface area contributed by atoms with Gasteiger partial charge in [-0.25, -0.2) is 9.97 Å². The van der Waals surface area contributed by atoms with Gasteiger partial charge in [0.05, 0.1) is 17.9 Å². The van der Waals surface area contributed by atoms with Gasteiger partial charge in [-0.15, -0.1) is 0 Å². The van der Waals surface area contributed by atoms with Crippen LogP contribution in [0.4, 0.5) is 5.82 Å². The monoisotopic (exact) mass is 402 g/mol. The summed E-state index contributed by atoms with van der Waals surface area (Å²) in [5.74, 6) is 0.483. The van der Waals surface area contributed by atoms with Crippen LogP contribution in [0.25, 0.3) is 11.3 Å². The van der Waals surface area contributed by atoms with E-state index in [1.807, 2.05) is 17.0 Å². The third kappa shape index (κ3) is 3.97. The van der Waals surface area contributed by atoms with Crippen LogP contribution in [-0.2, 0) is 0 Å². The van der Waals surface area contributed by atoms with Gasteiger partial charge in [0.25, 0.3) is 5.91 Å². The molecule has 3 N–H and O–H groups in total. The highest BCUT2D eigenvalue weighted by Gasteiger charge is 2.40. The molecule has 148 valence electrons. The summed E-state index contributed by atoms with van der Waals surface area (Å²) in [5, 5.41) is 23.4. The maximum Gasteiger partial charge on any atom is 0.271 e. The molecule has 2 fully saturated rings. The minimum atomic E-state index is -0.907. The van der Waals surface area contributed by atoms with Gasteiger partial charge in [0.15, 0.2) is 5.82 Å². The molecule has 1 aliphatic heterocycles. The van der Waals surface area contributed by atoms with Crippen LogP contribution in [0.15, 0.2) is 30.5 Å². The first kappa shape index (κ1) is 19.1. The van der Waals surface area contributed by atoms with Crippen LogP contribution < -0.4 is 10.2 Å². The first-order valence-electron chi connectivity index (χ1n) is 9.40. The number of carbonyl (C=O) groups is 1. The predicted octanol–water partition coefficient (Wildman–Crippen LogP) is 1.87. The van der Waals surface area contributed by atoms with Crippen molar-refractivity contribution in [2.75, 3.05) is 24.5 Å². The average molecular weight is 403 g/mol. The Labute approximate surface area is 168 Å². The number of carbonyl (C=O) groups excluding carboxylic acids is 1. The average Bonchev–Trinajstić information content (AvgIpc) is 3.50. The number of aliphatic hydroxyl groups is 2. The molecule has 0 radical (unpaired) electrons. The van der Waals surface area contributed by atoms with E-state index in [4.69, 9.17) is 11.6 Å². The minimum absolute atomic E-state index is 0.175. The molecular formula is C20H23ClN4O3. The first-order valence-corrected chi connectivity index (χ1v) is 9.78. The van der Waals surface area contributed by atoms with Crippen LogP contribution in [0.3, 0.4) is 0 Å². The summed E-state index contributed by atoms with van der Waals surface area (Å²) in [6.07, 6.45) is 3.02. The summed E-state index contributed by atoms with van der Waals surface area (Å²) in [6.45, 7) is 2.87. The quantitative estimate of drug-likeness (QED) is 0.682. The highest BCUT2D eigenvalue weighted by atomic mass is 35.5. The third-order valence-corrected chi connectivity index (χ3v) is 5.58. The Balaban J connectivity index is 1.59. The summed E-state index contributed by atoms with van der Waals surface area (Å²) >= 11 is 5.99. The molecule has 0 unspecified atom stereocenters. The molecule has 1 atom stereocenters. The lowest BCUT2D eigenvalue weighted by molar-refractivity contribution is 0.0353. The predicted molar refractivity (Wildman–Crippen MR) is 106 cm³/mol. The maximum absolute atomic E-state index is 12.6. The van der Waals surface area contributed by atoms with Crippen molar-refractivity contribution in [1.29, 1.82) is 0 Å². The smallest absolute Gasteiger partial charge is 0.271 e. The number of nitrogens with one attached hydrogen (secondary N) is 1. The van der Waals surface area contributed by atoms with Gasteiger partial charge in [0.2, 0.25) is 0 Å². The van der Waals surface area contributed by atoms with Crippen molar-refractivity contribution in [1.82, 2.24) is 15.3 Å².